The Labute approximate surface area is 122 Å². The van der Waals surface area contributed by atoms with E-state index in [1.807, 2.05) is 6.07 Å². The Morgan fingerprint density at radius 1 is 1.50 bits per heavy atom. The van der Waals surface area contributed by atoms with Crippen LogP contribution in [-0.4, -0.2) is 9.91 Å². The van der Waals surface area contributed by atoms with E-state index in [4.69, 9.17) is 10.00 Å². The van der Waals surface area contributed by atoms with Crippen molar-refractivity contribution < 1.29 is 9.66 Å². The Morgan fingerprint density at radius 3 is 2.90 bits per heavy atom. The molecule has 0 aliphatic carbocycles. The number of ether oxygens (including phenoxy) is 1. The number of nitro groups is 1. The van der Waals surface area contributed by atoms with Gasteiger partial charge in [0.05, 0.1) is 16.7 Å². The van der Waals surface area contributed by atoms with Gasteiger partial charge in [-0.2, -0.15) is 5.26 Å². The molecule has 1 aromatic carbocycles. The van der Waals surface area contributed by atoms with Crippen LogP contribution in [0.2, 0.25) is 0 Å². The molecule has 0 radical (unpaired) electrons. The minimum absolute atomic E-state index is 0.0997. The average Bonchev–Trinajstić information content (AvgIpc) is 2.41. The highest BCUT2D eigenvalue weighted by Gasteiger charge is 2.20. The fourth-order valence-corrected chi connectivity index (χ4v) is 2.20. The van der Waals surface area contributed by atoms with Gasteiger partial charge in [0.25, 0.3) is 0 Å². The van der Waals surface area contributed by atoms with Gasteiger partial charge >= 0.3 is 5.69 Å². The average molecular weight is 334 g/mol. The molecule has 100 valence electrons. The lowest BCUT2D eigenvalue weighted by Crippen LogP contribution is -1.97. The number of hydrogen-bond donors (Lipinski definition) is 0. The van der Waals surface area contributed by atoms with Gasteiger partial charge in [-0.1, -0.05) is 15.9 Å². The van der Waals surface area contributed by atoms with Crippen molar-refractivity contribution in [1.82, 2.24) is 4.98 Å². The molecule has 1 heterocycles. The lowest BCUT2D eigenvalue weighted by Gasteiger charge is -2.10. The van der Waals surface area contributed by atoms with Gasteiger partial charge in [-0.15, -0.1) is 0 Å². The summed E-state index contributed by atoms with van der Waals surface area (Å²) in [6, 6.07) is 6.48. The SMILES string of the molecule is Cc1cc(Br)cc([N+](=O)[O-])c1Oc1cnccc1C#N. The monoisotopic (exact) mass is 333 g/mol. The van der Waals surface area contributed by atoms with Gasteiger partial charge < -0.3 is 4.74 Å². The lowest BCUT2D eigenvalue weighted by molar-refractivity contribution is -0.385. The van der Waals surface area contributed by atoms with Gasteiger partial charge in [-0.05, 0) is 24.6 Å². The first-order valence-electron chi connectivity index (χ1n) is 5.49. The van der Waals surface area contributed by atoms with Crippen molar-refractivity contribution in [3.8, 4) is 17.6 Å². The zero-order valence-corrected chi connectivity index (χ0v) is 11.9. The first kappa shape index (κ1) is 14.0. The fourth-order valence-electron chi connectivity index (χ4n) is 1.64. The van der Waals surface area contributed by atoms with Crippen molar-refractivity contribution in [2.75, 3.05) is 0 Å². The van der Waals surface area contributed by atoms with E-state index in [0.29, 0.717) is 10.0 Å². The van der Waals surface area contributed by atoms with E-state index in [1.165, 1.54) is 24.5 Å². The number of pyridine rings is 1. The van der Waals surface area contributed by atoms with Gasteiger partial charge in [0.15, 0.2) is 5.75 Å². The summed E-state index contributed by atoms with van der Waals surface area (Å²) in [4.78, 5) is 14.4. The molecule has 0 saturated heterocycles. The van der Waals surface area contributed by atoms with Crippen LogP contribution in [0.4, 0.5) is 5.69 Å². The summed E-state index contributed by atoms with van der Waals surface area (Å²) >= 11 is 3.20. The summed E-state index contributed by atoms with van der Waals surface area (Å²) in [6.07, 6.45) is 2.80. The summed E-state index contributed by atoms with van der Waals surface area (Å²) in [5.74, 6) is 0.284. The highest BCUT2D eigenvalue weighted by molar-refractivity contribution is 9.10. The van der Waals surface area contributed by atoms with Crippen molar-refractivity contribution >= 4 is 21.6 Å². The topological polar surface area (TPSA) is 89.1 Å². The maximum Gasteiger partial charge on any atom is 0.312 e. The minimum Gasteiger partial charge on any atom is -0.447 e. The normalized spacial score (nSPS) is 9.85. The number of benzene rings is 1. The van der Waals surface area contributed by atoms with Crippen LogP contribution in [0.5, 0.6) is 11.5 Å². The minimum atomic E-state index is -0.532. The van der Waals surface area contributed by atoms with Gasteiger partial charge in [-0.25, -0.2) is 0 Å². The zero-order chi connectivity index (χ0) is 14.7. The Hall–Kier alpha value is -2.46. The van der Waals surface area contributed by atoms with Crippen LogP contribution in [0, 0.1) is 28.4 Å². The van der Waals surface area contributed by atoms with E-state index in [9.17, 15) is 10.1 Å². The molecule has 6 nitrogen and oxygen atoms in total. The third-order valence-corrected chi connectivity index (χ3v) is 2.99. The van der Waals surface area contributed by atoms with Crippen LogP contribution in [0.15, 0.2) is 35.1 Å². The molecule has 0 aliphatic heterocycles. The molecule has 1 aromatic heterocycles. The predicted octanol–water partition coefficient (Wildman–Crippen LogP) is 3.72. The van der Waals surface area contributed by atoms with Crippen LogP contribution >= 0.6 is 15.9 Å². The number of hydrogen-bond acceptors (Lipinski definition) is 5. The zero-order valence-electron chi connectivity index (χ0n) is 10.3. The Kier molecular flexibility index (Phi) is 3.96. The maximum atomic E-state index is 11.1. The first-order valence-corrected chi connectivity index (χ1v) is 6.28. The lowest BCUT2D eigenvalue weighted by atomic mass is 10.2. The molecule has 0 unspecified atom stereocenters. The number of nitro benzene ring substituents is 1. The number of halogens is 1. The van der Waals surface area contributed by atoms with Crippen LogP contribution in [0.3, 0.4) is 0 Å². The highest BCUT2D eigenvalue weighted by Crippen LogP contribution is 2.37. The standard InChI is InChI=1S/C13H8BrN3O3/c1-8-4-10(14)5-11(17(18)19)13(8)20-12-7-16-3-2-9(12)6-15/h2-5,7H,1H3. The molecule has 0 spiro atoms. The molecule has 0 amide bonds. The third kappa shape index (κ3) is 2.75. The number of nitriles is 1. The largest absolute Gasteiger partial charge is 0.447 e. The van der Waals surface area contributed by atoms with Crippen molar-refractivity contribution in [2.24, 2.45) is 0 Å². The van der Waals surface area contributed by atoms with Gasteiger partial charge in [0, 0.05) is 16.7 Å². The Bertz CT molecular complexity index is 725. The smallest absolute Gasteiger partial charge is 0.312 e. The molecular weight excluding hydrogens is 326 g/mol. The second-order valence-corrected chi connectivity index (χ2v) is 4.83. The molecule has 0 atom stereocenters. The number of rotatable bonds is 3. The van der Waals surface area contributed by atoms with Crippen molar-refractivity contribution in [2.45, 2.75) is 6.92 Å². The first-order chi connectivity index (χ1) is 9.52. The second kappa shape index (κ2) is 5.67. The quantitative estimate of drug-likeness (QED) is 0.630. The molecule has 0 saturated carbocycles. The molecule has 0 fully saturated rings. The number of aryl methyl sites for hydroxylation is 1. The van der Waals surface area contributed by atoms with Crippen LogP contribution < -0.4 is 4.74 Å². The third-order valence-electron chi connectivity index (χ3n) is 2.53. The molecule has 0 aliphatic rings. The summed E-state index contributed by atoms with van der Waals surface area (Å²) in [6.45, 7) is 1.69. The summed E-state index contributed by atoms with van der Waals surface area (Å²) in [5.41, 5.74) is 0.667. The van der Waals surface area contributed by atoms with Gasteiger partial charge in [0.2, 0.25) is 5.75 Å². The Balaban J connectivity index is 2.54. The van der Waals surface area contributed by atoms with Crippen molar-refractivity contribution in [3.05, 3.63) is 56.3 Å². The van der Waals surface area contributed by atoms with Crippen LogP contribution in [0.1, 0.15) is 11.1 Å². The predicted molar refractivity (Wildman–Crippen MR) is 74.6 cm³/mol. The second-order valence-electron chi connectivity index (χ2n) is 3.91. The van der Waals surface area contributed by atoms with Crippen molar-refractivity contribution in [1.29, 1.82) is 5.26 Å². The molecular formula is C13H8BrN3O3. The number of nitrogens with zero attached hydrogens (tertiary/aromatic N) is 3. The highest BCUT2D eigenvalue weighted by atomic mass is 79.9. The molecule has 20 heavy (non-hydrogen) atoms. The van der Waals surface area contributed by atoms with E-state index in [0.717, 1.165) is 0 Å². The Morgan fingerprint density at radius 2 is 2.25 bits per heavy atom. The van der Waals surface area contributed by atoms with Crippen LogP contribution in [-0.2, 0) is 0 Å². The molecule has 0 bridgehead atoms. The van der Waals surface area contributed by atoms with Gasteiger partial charge in [0.1, 0.15) is 6.07 Å². The molecule has 0 N–H and O–H groups in total. The van der Waals surface area contributed by atoms with E-state index < -0.39 is 4.92 Å². The fraction of sp³-hybridized carbons (Fsp3) is 0.0769. The van der Waals surface area contributed by atoms with Gasteiger partial charge in [-0.3, -0.25) is 15.1 Å². The van der Waals surface area contributed by atoms with E-state index >= 15 is 0 Å². The summed E-state index contributed by atoms with van der Waals surface area (Å²) < 4.78 is 6.12. The van der Waals surface area contributed by atoms with E-state index in [2.05, 4.69) is 20.9 Å². The maximum absolute atomic E-state index is 11.1. The molecule has 2 rings (SSSR count). The van der Waals surface area contributed by atoms with Crippen molar-refractivity contribution in [3.63, 3.8) is 0 Å². The number of aromatic nitrogens is 1. The van der Waals surface area contributed by atoms with E-state index in [-0.39, 0.29) is 22.7 Å². The summed E-state index contributed by atoms with van der Waals surface area (Å²) in [5, 5.41) is 20.1. The molecule has 2 aromatic rings. The van der Waals surface area contributed by atoms with E-state index in [1.54, 1.807) is 13.0 Å². The van der Waals surface area contributed by atoms with Crippen LogP contribution in [0.25, 0.3) is 0 Å². The summed E-state index contributed by atoms with van der Waals surface area (Å²) in [7, 11) is 0. The molecule has 7 heteroatoms.